The molecule has 2 aliphatic rings. The molecule has 0 spiro atoms. The summed E-state index contributed by atoms with van der Waals surface area (Å²) in [6.45, 7) is 0. The summed E-state index contributed by atoms with van der Waals surface area (Å²) < 4.78 is 0. The maximum Gasteiger partial charge on any atom is 0.162 e. The van der Waals surface area contributed by atoms with Gasteiger partial charge in [0, 0.05) is 17.9 Å². The Bertz CT molecular complexity index is 210. The van der Waals surface area contributed by atoms with Crippen molar-refractivity contribution in [2.75, 3.05) is 0 Å². The van der Waals surface area contributed by atoms with Crippen molar-refractivity contribution in [2.45, 2.75) is 25.7 Å². The summed E-state index contributed by atoms with van der Waals surface area (Å²) in [7, 11) is 0. The van der Waals surface area contributed by atoms with E-state index >= 15 is 0 Å². The number of hydrogen-bond acceptors (Lipinski definition) is 2. The van der Waals surface area contributed by atoms with Crippen LogP contribution in [0.25, 0.3) is 0 Å². The SMILES string of the molecule is O=C(C=C(O)C1CC1)C1CC1. The van der Waals surface area contributed by atoms with Gasteiger partial charge < -0.3 is 5.11 Å². The lowest BCUT2D eigenvalue weighted by Gasteiger charge is -1.93. The van der Waals surface area contributed by atoms with E-state index in [0.717, 1.165) is 25.7 Å². The van der Waals surface area contributed by atoms with Crippen LogP contribution < -0.4 is 0 Å². The summed E-state index contributed by atoms with van der Waals surface area (Å²) in [4.78, 5) is 11.1. The highest BCUT2D eigenvalue weighted by atomic mass is 16.3. The second-order valence-electron chi connectivity index (χ2n) is 3.52. The third kappa shape index (κ3) is 1.62. The second kappa shape index (κ2) is 2.36. The maximum atomic E-state index is 11.1. The normalized spacial score (nSPS) is 25.3. The summed E-state index contributed by atoms with van der Waals surface area (Å²) in [5.74, 6) is 1.02. The molecular weight excluding hydrogens is 140 g/mol. The van der Waals surface area contributed by atoms with E-state index in [-0.39, 0.29) is 11.7 Å². The van der Waals surface area contributed by atoms with Crippen molar-refractivity contribution in [3.63, 3.8) is 0 Å². The van der Waals surface area contributed by atoms with Crippen LogP contribution in [0.15, 0.2) is 11.8 Å². The van der Waals surface area contributed by atoms with E-state index in [0.29, 0.717) is 11.7 Å². The van der Waals surface area contributed by atoms with Crippen molar-refractivity contribution in [1.29, 1.82) is 0 Å². The number of aliphatic hydroxyl groups is 1. The minimum atomic E-state index is 0.134. The van der Waals surface area contributed by atoms with Gasteiger partial charge in [-0.15, -0.1) is 0 Å². The van der Waals surface area contributed by atoms with Gasteiger partial charge >= 0.3 is 0 Å². The van der Waals surface area contributed by atoms with Crippen LogP contribution in [0, 0.1) is 11.8 Å². The smallest absolute Gasteiger partial charge is 0.162 e. The van der Waals surface area contributed by atoms with Gasteiger partial charge in [-0.1, -0.05) is 0 Å². The zero-order valence-corrected chi connectivity index (χ0v) is 6.42. The maximum absolute atomic E-state index is 11.1. The standard InChI is InChI=1S/C9H12O2/c10-8(6-1-2-6)5-9(11)7-3-4-7/h5-7,10H,1-4H2. The molecule has 2 aliphatic carbocycles. The van der Waals surface area contributed by atoms with Crippen molar-refractivity contribution in [3.8, 4) is 0 Å². The number of rotatable bonds is 3. The largest absolute Gasteiger partial charge is 0.512 e. The van der Waals surface area contributed by atoms with Crippen molar-refractivity contribution in [1.82, 2.24) is 0 Å². The number of aliphatic hydroxyl groups excluding tert-OH is 1. The molecular formula is C9H12O2. The first kappa shape index (κ1) is 6.89. The Morgan fingerprint density at radius 3 is 2.18 bits per heavy atom. The molecule has 0 aromatic carbocycles. The quantitative estimate of drug-likeness (QED) is 0.494. The Morgan fingerprint density at radius 1 is 1.18 bits per heavy atom. The van der Waals surface area contributed by atoms with Crippen LogP contribution in [0.4, 0.5) is 0 Å². The fourth-order valence-corrected chi connectivity index (χ4v) is 1.13. The molecule has 0 aromatic heterocycles. The highest BCUT2D eigenvalue weighted by Crippen LogP contribution is 2.36. The van der Waals surface area contributed by atoms with Gasteiger partial charge in [0.2, 0.25) is 0 Å². The number of carbonyl (C=O) groups is 1. The number of ketones is 1. The molecule has 2 heteroatoms. The Kier molecular flexibility index (Phi) is 1.48. The summed E-state index contributed by atoms with van der Waals surface area (Å²) in [6, 6.07) is 0. The Labute approximate surface area is 65.9 Å². The minimum absolute atomic E-state index is 0.134. The summed E-state index contributed by atoms with van der Waals surface area (Å²) in [6.07, 6.45) is 5.59. The zero-order chi connectivity index (χ0) is 7.84. The molecule has 0 saturated heterocycles. The van der Waals surface area contributed by atoms with Gasteiger partial charge in [0.05, 0.1) is 5.76 Å². The number of allylic oxidation sites excluding steroid dienone is 2. The molecule has 2 fully saturated rings. The first-order chi connectivity index (χ1) is 5.27. The fraction of sp³-hybridized carbons (Fsp3) is 0.667. The van der Waals surface area contributed by atoms with E-state index in [1.807, 2.05) is 0 Å². The molecule has 0 unspecified atom stereocenters. The highest BCUT2D eigenvalue weighted by Gasteiger charge is 2.31. The van der Waals surface area contributed by atoms with E-state index in [2.05, 4.69) is 0 Å². The molecule has 60 valence electrons. The average molecular weight is 152 g/mol. The molecule has 0 amide bonds. The van der Waals surface area contributed by atoms with Gasteiger partial charge in [-0.25, -0.2) is 0 Å². The van der Waals surface area contributed by atoms with Crippen LogP contribution in [-0.2, 0) is 4.79 Å². The van der Waals surface area contributed by atoms with E-state index in [4.69, 9.17) is 0 Å². The van der Waals surface area contributed by atoms with Gasteiger partial charge in [0.25, 0.3) is 0 Å². The molecule has 11 heavy (non-hydrogen) atoms. The van der Waals surface area contributed by atoms with Crippen LogP contribution in [0.5, 0.6) is 0 Å². The molecule has 0 atom stereocenters. The number of carbonyl (C=O) groups excluding carboxylic acids is 1. The molecule has 2 rings (SSSR count). The highest BCUT2D eigenvalue weighted by molar-refractivity contribution is 5.93. The van der Waals surface area contributed by atoms with Crippen molar-refractivity contribution >= 4 is 5.78 Å². The molecule has 0 radical (unpaired) electrons. The van der Waals surface area contributed by atoms with E-state index < -0.39 is 0 Å². The molecule has 0 bridgehead atoms. The van der Waals surface area contributed by atoms with Gasteiger partial charge in [0.15, 0.2) is 5.78 Å². The summed E-state index contributed by atoms with van der Waals surface area (Å²) in [5, 5.41) is 9.28. The zero-order valence-electron chi connectivity index (χ0n) is 6.42. The van der Waals surface area contributed by atoms with E-state index in [1.54, 1.807) is 0 Å². The van der Waals surface area contributed by atoms with Crippen LogP contribution >= 0.6 is 0 Å². The minimum Gasteiger partial charge on any atom is -0.512 e. The fourth-order valence-electron chi connectivity index (χ4n) is 1.13. The van der Waals surface area contributed by atoms with E-state index in [9.17, 15) is 9.90 Å². The van der Waals surface area contributed by atoms with Crippen LogP contribution in [0.1, 0.15) is 25.7 Å². The Hall–Kier alpha value is -0.790. The average Bonchev–Trinajstić information content (AvgIpc) is 2.84. The molecule has 2 nitrogen and oxygen atoms in total. The first-order valence-electron chi connectivity index (χ1n) is 4.22. The van der Waals surface area contributed by atoms with Crippen molar-refractivity contribution < 1.29 is 9.90 Å². The topological polar surface area (TPSA) is 37.3 Å². The summed E-state index contributed by atoms with van der Waals surface area (Å²) >= 11 is 0. The van der Waals surface area contributed by atoms with E-state index in [1.165, 1.54) is 6.08 Å². The van der Waals surface area contributed by atoms with Crippen LogP contribution in [0.3, 0.4) is 0 Å². The third-order valence-electron chi connectivity index (χ3n) is 2.27. The lowest BCUT2D eigenvalue weighted by molar-refractivity contribution is -0.115. The first-order valence-corrected chi connectivity index (χ1v) is 4.22. The Morgan fingerprint density at radius 2 is 1.73 bits per heavy atom. The molecule has 0 aromatic rings. The predicted molar refractivity (Wildman–Crippen MR) is 41.2 cm³/mol. The van der Waals surface area contributed by atoms with Crippen LogP contribution in [0.2, 0.25) is 0 Å². The molecule has 2 saturated carbocycles. The summed E-state index contributed by atoms with van der Waals surface area (Å²) in [5.41, 5.74) is 0. The molecule has 0 aliphatic heterocycles. The van der Waals surface area contributed by atoms with Crippen LogP contribution in [-0.4, -0.2) is 10.9 Å². The van der Waals surface area contributed by atoms with Gasteiger partial charge in [-0.2, -0.15) is 0 Å². The second-order valence-corrected chi connectivity index (χ2v) is 3.52. The van der Waals surface area contributed by atoms with Gasteiger partial charge in [0.1, 0.15) is 0 Å². The predicted octanol–water partition coefficient (Wildman–Crippen LogP) is 1.82. The van der Waals surface area contributed by atoms with Gasteiger partial charge in [-0.05, 0) is 25.7 Å². The van der Waals surface area contributed by atoms with Gasteiger partial charge in [-0.3, -0.25) is 4.79 Å². The lowest BCUT2D eigenvalue weighted by atomic mass is 10.2. The monoisotopic (exact) mass is 152 g/mol. The number of hydrogen-bond donors (Lipinski definition) is 1. The van der Waals surface area contributed by atoms with Crippen molar-refractivity contribution in [3.05, 3.63) is 11.8 Å². The third-order valence-corrected chi connectivity index (χ3v) is 2.27. The molecule has 1 N–H and O–H groups in total. The van der Waals surface area contributed by atoms with Crippen molar-refractivity contribution in [2.24, 2.45) is 11.8 Å². The Balaban J connectivity index is 1.93. The molecule has 0 heterocycles. The lowest BCUT2D eigenvalue weighted by Crippen LogP contribution is -1.97.